The number of pyridine rings is 1. The van der Waals surface area contributed by atoms with Crippen LogP contribution < -0.4 is 4.57 Å². The molecule has 2 heterocycles. The first-order valence-corrected chi connectivity index (χ1v) is 15.7. The molecule has 1 aromatic heterocycles. The van der Waals surface area contributed by atoms with Gasteiger partial charge in [-0.15, -0.1) is 0 Å². The van der Waals surface area contributed by atoms with E-state index < -0.39 is 0 Å². The zero-order valence-corrected chi connectivity index (χ0v) is 23.7. The average Bonchev–Trinajstić information content (AvgIpc) is 3.36. The van der Waals surface area contributed by atoms with Crippen LogP contribution in [-0.4, -0.2) is 32.2 Å². The lowest BCUT2D eigenvalue weighted by Gasteiger charge is -2.12. The monoisotopic (exact) mass is 504 g/mol. The summed E-state index contributed by atoms with van der Waals surface area (Å²) < 4.78 is 20.0. The minimum Gasteiger partial charge on any atom is -0.379 e. The predicted molar refractivity (Wildman–Crippen MR) is 150 cm³/mol. The zero-order chi connectivity index (χ0) is 25.4. The Morgan fingerprint density at radius 2 is 1.22 bits per heavy atom. The maximum Gasteiger partial charge on any atom is 0.168 e. The van der Waals surface area contributed by atoms with Gasteiger partial charge < -0.3 is 14.2 Å². The molecule has 1 aliphatic rings. The maximum atomic E-state index is 6.03. The van der Waals surface area contributed by atoms with E-state index in [0.717, 1.165) is 26.0 Å². The Morgan fingerprint density at radius 1 is 0.667 bits per heavy atom. The van der Waals surface area contributed by atoms with Crippen molar-refractivity contribution < 1.29 is 18.8 Å². The second-order valence-corrected chi connectivity index (χ2v) is 10.9. The molecule has 0 saturated carbocycles. The van der Waals surface area contributed by atoms with Crippen molar-refractivity contribution >= 4 is 0 Å². The van der Waals surface area contributed by atoms with Gasteiger partial charge in [-0.05, 0) is 25.7 Å². The van der Waals surface area contributed by atoms with Crippen molar-refractivity contribution in [1.82, 2.24) is 0 Å². The van der Waals surface area contributed by atoms with E-state index in [1.165, 1.54) is 116 Å². The highest BCUT2D eigenvalue weighted by molar-refractivity contribution is 4.83. The summed E-state index contributed by atoms with van der Waals surface area (Å²) in [5, 5.41) is 0. The number of hydrogen-bond donors (Lipinski definition) is 0. The molecule has 2 rings (SSSR count). The summed E-state index contributed by atoms with van der Waals surface area (Å²) in [4.78, 5) is 0. The van der Waals surface area contributed by atoms with Crippen LogP contribution in [0.1, 0.15) is 135 Å². The number of aryl methyl sites for hydroxylation is 1. The molecular formula is C32H58NO3+. The normalized spacial score (nSPS) is 17.7. The molecule has 4 nitrogen and oxygen atoms in total. The highest BCUT2D eigenvalue weighted by Gasteiger charge is 2.25. The fourth-order valence-corrected chi connectivity index (χ4v) is 5.08. The molecule has 0 amide bonds. The van der Waals surface area contributed by atoms with E-state index in [1.54, 1.807) is 0 Å². The van der Waals surface area contributed by atoms with Crippen molar-refractivity contribution in [2.24, 2.45) is 0 Å². The van der Waals surface area contributed by atoms with Crippen molar-refractivity contribution in [2.75, 3.05) is 19.8 Å². The first kappa shape index (κ1) is 31.2. The molecule has 0 N–H and O–H groups in total. The lowest BCUT2D eigenvalue weighted by molar-refractivity contribution is -0.697. The third-order valence-corrected chi connectivity index (χ3v) is 7.39. The Hall–Kier alpha value is -0.970. The van der Waals surface area contributed by atoms with Gasteiger partial charge in [0.25, 0.3) is 0 Å². The standard InChI is InChI=1S/C32H58NO3/c1-2-3-4-5-6-7-8-9-10-11-12-15-19-24-32-35-30-31(36-32)29-34-28-23-17-14-13-16-20-25-33-26-21-18-22-27-33/h18,21-22,26-27,31-32H,2-17,19-20,23-25,28-30H2,1H3/q+1. The molecule has 1 aromatic rings. The fraction of sp³-hybridized carbons (Fsp3) is 0.844. The van der Waals surface area contributed by atoms with Gasteiger partial charge in [-0.1, -0.05) is 109 Å². The molecule has 0 bridgehead atoms. The van der Waals surface area contributed by atoms with Crippen molar-refractivity contribution in [3.8, 4) is 0 Å². The van der Waals surface area contributed by atoms with Crippen LogP contribution in [0.4, 0.5) is 0 Å². The number of hydrogen-bond acceptors (Lipinski definition) is 3. The lowest BCUT2D eigenvalue weighted by atomic mass is 10.0. The van der Waals surface area contributed by atoms with Crippen LogP contribution in [-0.2, 0) is 20.8 Å². The number of aromatic nitrogens is 1. The van der Waals surface area contributed by atoms with Crippen LogP contribution in [0.25, 0.3) is 0 Å². The molecule has 208 valence electrons. The van der Waals surface area contributed by atoms with Gasteiger partial charge in [-0.25, -0.2) is 4.57 Å². The van der Waals surface area contributed by atoms with Crippen molar-refractivity contribution in [1.29, 1.82) is 0 Å². The first-order valence-electron chi connectivity index (χ1n) is 15.7. The summed E-state index contributed by atoms with van der Waals surface area (Å²) in [6, 6.07) is 6.27. The third-order valence-electron chi connectivity index (χ3n) is 7.39. The van der Waals surface area contributed by atoms with E-state index in [1.807, 2.05) is 0 Å². The molecule has 0 aromatic carbocycles. The summed E-state index contributed by atoms with van der Waals surface area (Å²) in [6.45, 7) is 5.65. The molecule has 1 aliphatic heterocycles. The Kier molecular flexibility index (Phi) is 20.1. The van der Waals surface area contributed by atoms with Crippen LogP contribution in [0.2, 0.25) is 0 Å². The second-order valence-electron chi connectivity index (χ2n) is 10.9. The Labute approximate surface area is 223 Å². The zero-order valence-electron chi connectivity index (χ0n) is 23.7. The van der Waals surface area contributed by atoms with Gasteiger partial charge in [0.15, 0.2) is 18.7 Å². The first-order chi connectivity index (χ1) is 17.9. The fourth-order valence-electron chi connectivity index (χ4n) is 5.08. The largest absolute Gasteiger partial charge is 0.379 e. The van der Waals surface area contributed by atoms with Gasteiger partial charge >= 0.3 is 0 Å². The van der Waals surface area contributed by atoms with E-state index >= 15 is 0 Å². The highest BCUT2D eigenvalue weighted by atomic mass is 16.7. The Morgan fingerprint density at radius 3 is 1.86 bits per heavy atom. The van der Waals surface area contributed by atoms with E-state index in [2.05, 4.69) is 42.1 Å². The number of nitrogens with zero attached hydrogens (tertiary/aromatic N) is 1. The summed E-state index contributed by atoms with van der Waals surface area (Å²) in [5.74, 6) is 0. The lowest BCUT2D eigenvalue weighted by Crippen LogP contribution is -2.32. The molecular weight excluding hydrogens is 446 g/mol. The molecule has 36 heavy (non-hydrogen) atoms. The molecule has 2 atom stereocenters. The van der Waals surface area contributed by atoms with Crippen LogP contribution in [0, 0.1) is 0 Å². The van der Waals surface area contributed by atoms with Crippen LogP contribution in [0.15, 0.2) is 30.6 Å². The molecule has 0 radical (unpaired) electrons. The summed E-state index contributed by atoms with van der Waals surface area (Å²) in [7, 11) is 0. The average molecular weight is 505 g/mol. The topological polar surface area (TPSA) is 31.6 Å². The molecule has 0 spiro atoms. The Balaban J connectivity index is 1.26. The molecule has 4 heteroatoms. The van der Waals surface area contributed by atoms with E-state index in [9.17, 15) is 0 Å². The quantitative estimate of drug-likeness (QED) is 0.0987. The molecule has 1 fully saturated rings. The molecule has 0 aliphatic carbocycles. The van der Waals surface area contributed by atoms with Gasteiger partial charge in [-0.2, -0.15) is 0 Å². The number of unbranched alkanes of at least 4 members (excludes halogenated alkanes) is 17. The SMILES string of the molecule is CCCCCCCCCCCCCCCC1OCC(COCCCCCCCC[n+]2ccccc2)O1. The Bertz CT molecular complexity index is 582. The minimum absolute atomic E-state index is 0.000331. The summed E-state index contributed by atoms with van der Waals surface area (Å²) in [6.07, 6.45) is 31.2. The van der Waals surface area contributed by atoms with Crippen molar-refractivity contribution in [3.63, 3.8) is 0 Å². The van der Waals surface area contributed by atoms with Gasteiger partial charge in [0, 0.05) is 25.2 Å². The van der Waals surface area contributed by atoms with E-state index in [-0.39, 0.29) is 12.4 Å². The van der Waals surface area contributed by atoms with Gasteiger partial charge in [0.2, 0.25) is 0 Å². The van der Waals surface area contributed by atoms with Crippen LogP contribution in [0.3, 0.4) is 0 Å². The predicted octanol–water partition coefficient (Wildman–Crippen LogP) is 8.55. The van der Waals surface area contributed by atoms with E-state index in [4.69, 9.17) is 14.2 Å². The maximum absolute atomic E-state index is 6.03. The number of rotatable bonds is 25. The van der Waals surface area contributed by atoms with Crippen LogP contribution >= 0.6 is 0 Å². The van der Waals surface area contributed by atoms with Crippen LogP contribution in [0.5, 0.6) is 0 Å². The van der Waals surface area contributed by atoms with E-state index in [0.29, 0.717) is 13.2 Å². The summed E-state index contributed by atoms with van der Waals surface area (Å²) in [5.41, 5.74) is 0. The highest BCUT2D eigenvalue weighted by Crippen LogP contribution is 2.19. The number of ether oxygens (including phenoxy) is 3. The van der Waals surface area contributed by atoms with Gasteiger partial charge in [0.05, 0.1) is 13.2 Å². The second kappa shape index (κ2) is 23.2. The minimum atomic E-state index is 0.000331. The third kappa shape index (κ3) is 17.5. The van der Waals surface area contributed by atoms with Gasteiger partial charge in [-0.3, -0.25) is 0 Å². The smallest absolute Gasteiger partial charge is 0.168 e. The molecule has 1 saturated heterocycles. The molecule has 2 unspecified atom stereocenters. The van der Waals surface area contributed by atoms with Crippen molar-refractivity contribution in [3.05, 3.63) is 30.6 Å². The summed E-state index contributed by atoms with van der Waals surface area (Å²) >= 11 is 0. The van der Waals surface area contributed by atoms with Crippen molar-refractivity contribution in [2.45, 2.75) is 154 Å². The van der Waals surface area contributed by atoms with Gasteiger partial charge in [0.1, 0.15) is 12.6 Å².